The average molecular weight is 532 g/mol. The van der Waals surface area contributed by atoms with E-state index in [1.165, 1.54) is 0 Å². The number of aryl methyl sites for hydroxylation is 1. The van der Waals surface area contributed by atoms with E-state index in [2.05, 4.69) is 25.2 Å². The van der Waals surface area contributed by atoms with Crippen molar-refractivity contribution < 1.29 is 8.42 Å². The Morgan fingerprint density at radius 3 is 2.27 bits per heavy atom. The van der Waals surface area contributed by atoms with Crippen LogP contribution >= 0.6 is 12.4 Å². The maximum absolute atomic E-state index is 13.2. The molecule has 0 radical (unpaired) electrons. The van der Waals surface area contributed by atoms with Crippen LogP contribution in [0.1, 0.15) is 16.8 Å². The maximum Gasteiger partial charge on any atom is 0.241 e. The average Bonchev–Trinajstić information content (AvgIpc) is 2.92. The number of sulfonamides is 1. The highest BCUT2D eigenvalue weighted by Crippen LogP contribution is 2.32. The first kappa shape index (κ1) is 26.2. The highest BCUT2D eigenvalue weighted by Gasteiger charge is 2.19. The summed E-state index contributed by atoms with van der Waals surface area (Å²) in [6.07, 6.45) is 1.64. The summed E-state index contributed by atoms with van der Waals surface area (Å²) in [7, 11) is -3.77. The summed E-state index contributed by atoms with van der Waals surface area (Å²) in [5.74, 6) is 0.676. The van der Waals surface area contributed by atoms with Crippen molar-refractivity contribution in [2.24, 2.45) is 0 Å². The monoisotopic (exact) mass is 531 g/mol. The lowest BCUT2D eigenvalue weighted by Gasteiger charge is -2.13. The van der Waals surface area contributed by atoms with Gasteiger partial charge in [0.25, 0.3) is 0 Å². The molecule has 5 rings (SSSR count). The number of rotatable bonds is 8. The van der Waals surface area contributed by atoms with Gasteiger partial charge in [0.15, 0.2) is 5.82 Å². The highest BCUT2D eigenvalue weighted by molar-refractivity contribution is 7.89. The molecule has 3 aromatic carbocycles. The number of hydrogen-bond acceptors (Lipinski definition) is 6. The van der Waals surface area contributed by atoms with E-state index in [-0.39, 0.29) is 23.8 Å². The molecular formula is C28H26ClN5O2S. The van der Waals surface area contributed by atoms with Crippen molar-refractivity contribution >= 4 is 39.0 Å². The summed E-state index contributed by atoms with van der Waals surface area (Å²) >= 11 is 0. The van der Waals surface area contributed by atoms with Gasteiger partial charge in [0, 0.05) is 29.1 Å². The van der Waals surface area contributed by atoms with Crippen molar-refractivity contribution in [3.05, 3.63) is 114 Å². The molecule has 2 N–H and O–H groups in total. The van der Waals surface area contributed by atoms with Crippen molar-refractivity contribution in [3.63, 3.8) is 0 Å². The van der Waals surface area contributed by atoms with Gasteiger partial charge in [0.1, 0.15) is 5.69 Å². The fourth-order valence-electron chi connectivity index (χ4n) is 4.02. The molecule has 0 amide bonds. The van der Waals surface area contributed by atoms with Gasteiger partial charge in [-0.05, 0) is 36.2 Å². The number of nitrogens with one attached hydrogen (secondary N) is 2. The molecular weight excluding hydrogens is 506 g/mol. The predicted molar refractivity (Wildman–Crippen MR) is 149 cm³/mol. The van der Waals surface area contributed by atoms with Crippen LogP contribution in [-0.2, 0) is 23.1 Å². The molecule has 2 heterocycles. The van der Waals surface area contributed by atoms with Crippen LogP contribution in [0.5, 0.6) is 0 Å². The molecule has 2 aromatic heterocycles. The SMILES string of the molecule is Cc1ccc(-c2nnc(NCc3ccccc3)c3ccccc23)cc1S(=O)(=O)NCc1ccccn1.Cl. The Hall–Kier alpha value is -3.85. The summed E-state index contributed by atoms with van der Waals surface area (Å²) in [5.41, 5.74) is 3.73. The highest BCUT2D eigenvalue weighted by atomic mass is 35.5. The maximum atomic E-state index is 13.2. The summed E-state index contributed by atoms with van der Waals surface area (Å²) in [6.45, 7) is 2.50. The number of aromatic nitrogens is 3. The molecule has 0 unspecified atom stereocenters. The van der Waals surface area contributed by atoms with Crippen LogP contribution in [0.25, 0.3) is 22.0 Å². The molecule has 0 spiro atoms. The van der Waals surface area contributed by atoms with Crippen molar-refractivity contribution in [3.8, 4) is 11.3 Å². The van der Waals surface area contributed by atoms with Gasteiger partial charge in [-0.25, -0.2) is 13.1 Å². The Morgan fingerprint density at radius 2 is 1.51 bits per heavy atom. The quantitative estimate of drug-likeness (QED) is 0.274. The van der Waals surface area contributed by atoms with Crippen molar-refractivity contribution in [1.29, 1.82) is 0 Å². The van der Waals surface area contributed by atoms with Gasteiger partial charge in [0.2, 0.25) is 10.0 Å². The minimum absolute atomic E-state index is 0. The first-order valence-corrected chi connectivity index (χ1v) is 13.0. The first-order valence-electron chi connectivity index (χ1n) is 11.5. The van der Waals surface area contributed by atoms with Gasteiger partial charge in [-0.3, -0.25) is 4.98 Å². The van der Waals surface area contributed by atoms with E-state index in [0.29, 0.717) is 34.9 Å². The standard InChI is InChI=1S/C28H25N5O2S.ClH/c1-20-14-15-22(17-26(20)36(34,35)31-19-23-11-7-8-16-29-23)27-24-12-5-6-13-25(24)28(33-32-27)30-18-21-9-3-2-4-10-21;/h2-17,31H,18-19H2,1H3,(H,30,33);1H. The van der Waals surface area contributed by atoms with Crippen LogP contribution in [0, 0.1) is 6.92 Å². The predicted octanol–water partition coefficient (Wildman–Crippen LogP) is 5.51. The van der Waals surface area contributed by atoms with Gasteiger partial charge in [-0.1, -0.05) is 72.8 Å². The molecule has 5 aromatic rings. The molecule has 0 saturated heterocycles. The van der Waals surface area contributed by atoms with E-state index in [4.69, 9.17) is 0 Å². The lowest BCUT2D eigenvalue weighted by molar-refractivity contribution is 0.580. The zero-order chi connectivity index (χ0) is 25.0. The van der Waals surface area contributed by atoms with Crippen LogP contribution < -0.4 is 10.0 Å². The molecule has 0 atom stereocenters. The van der Waals surface area contributed by atoms with Gasteiger partial charge in [-0.2, -0.15) is 0 Å². The smallest absolute Gasteiger partial charge is 0.241 e. The van der Waals surface area contributed by atoms with Crippen molar-refractivity contribution in [2.45, 2.75) is 24.9 Å². The molecule has 0 bridgehead atoms. The van der Waals surface area contributed by atoms with E-state index in [1.54, 1.807) is 37.4 Å². The van der Waals surface area contributed by atoms with Crippen LogP contribution in [0.15, 0.2) is 102 Å². The van der Waals surface area contributed by atoms with Gasteiger partial charge < -0.3 is 5.32 Å². The fraction of sp³-hybridized carbons (Fsp3) is 0.107. The Bertz CT molecular complexity index is 1610. The number of nitrogens with zero attached hydrogens (tertiary/aromatic N) is 3. The molecule has 0 saturated carbocycles. The molecule has 0 aliphatic heterocycles. The second-order valence-corrected chi connectivity index (χ2v) is 10.1. The van der Waals surface area contributed by atoms with Crippen LogP contribution in [0.4, 0.5) is 5.82 Å². The Kier molecular flexibility index (Phi) is 8.13. The molecule has 37 heavy (non-hydrogen) atoms. The number of hydrogen-bond donors (Lipinski definition) is 2. The first-order chi connectivity index (χ1) is 17.5. The normalized spacial score (nSPS) is 11.2. The summed E-state index contributed by atoms with van der Waals surface area (Å²) in [4.78, 5) is 4.39. The fourth-order valence-corrected chi connectivity index (χ4v) is 5.28. The summed E-state index contributed by atoms with van der Waals surface area (Å²) in [5, 5.41) is 14.1. The van der Waals surface area contributed by atoms with E-state index < -0.39 is 10.0 Å². The van der Waals surface area contributed by atoms with Crippen molar-refractivity contribution in [1.82, 2.24) is 19.9 Å². The van der Waals surface area contributed by atoms with Gasteiger partial charge in [0.05, 0.1) is 17.1 Å². The lowest BCUT2D eigenvalue weighted by atomic mass is 10.0. The molecule has 7 nitrogen and oxygen atoms in total. The molecule has 9 heteroatoms. The van der Waals surface area contributed by atoms with Gasteiger partial charge in [-0.15, -0.1) is 22.6 Å². The van der Waals surface area contributed by atoms with Crippen molar-refractivity contribution in [2.75, 3.05) is 5.32 Å². The molecule has 0 fully saturated rings. The molecule has 0 aliphatic rings. The number of halogens is 1. The van der Waals surface area contributed by atoms with E-state index in [0.717, 1.165) is 16.3 Å². The Labute approximate surface area is 222 Å². The zero-order valence-corrected chi connectivity index (χ0v) is 21.8. The number of benzene rings is 3. The Morgan fingerprint density at radius 1 is 0.784 bits per heavy atom. The topological polar surface area (TPSA) is 96.9 Å². The second-order valence-electron chi connectivity index (χ2n) is 8.41. The van der Waals surface area contributed by atoms with Gasteiger partial charge >= 0.3 is 0 Å². The second kappa shape index (κ2) is 11.5. The third-order valence-corrected chi connectivity index (χ3v) is 7.45. The summed E-state index contributed by atoms with van der Waals surface area (Å²) < 4.78 is 29.0. The minimum atomic E-state index is -3.77. The number of anilines is 1. The minimum Gasteiger partial charge on any atom is -0.364 e. The largest absolute Gasteiger partial charge is 0.364 e. The van der Waals surface area contributed by atoms with E-state index in [1.807, 2.05) is 66.7 Å². The molecule has 188 valence electrons. The van der Waals surface area contributed by atoms with Crippen LogP contribution in [0.3, 0.4) is 0 Å². The summed E-state index contributed by atoms with van der Waals surface area (Å²) in [6, 6.07) is 28.6. The molecule has 0 aliphatic carbocycles. The third kappa shape index (κ3) is 5.94. The third-order valence-electron chi connectivity index (χ3n) is 5.91. The van der Waals surface area contributed by atoms with E-state index >= 15 is 0 Å². The zero-order valence-electron chi connectivity index (χ0n) is 20.1. The number of pyridine rings is 1. The van der Waals surface area contributed by atoms with Crippen LogP contribution in [0.2, 0.25) is 0 Å². The van der Waals surface area contributed by atoms with Crippen LogP contribution in [-0.4, -0.2) is 23.6 Å². The lowest BCUT2D eigenvalue weighted by Crippen LogP contribution is -2.24. The van der Waals surface area contributed by atoms with E-state index in [9.17, 15) is 8.42 Å². The number of fused-ring (bicyclic) bond motifs is 1. The Balaban J connectivity index is 0.00000320.